The van der Waals surface area contributed by atoms with Gasteiger partial charge in [-0.1, -0.05) is 26.3 Å². The Morgan fingerprint density at radius 2 is 2.00 bits per heavy atom. The second-order valence-corrected chi connectivity index (χ2v) is 4.22. The summed E-state index contributed by atoms with van der Waals surface area (Å²) in [6.07, 6.45) is 2.94. The van der Waals surface area contributed by atoms with Gasteiger partial charge in [0.25, 0.3) is 0 Å². The summed E-state index contributed by atoms with van der Waals surface area (Å²) < 4.78 is 4.81. The summed E-state index contributed by atoms with van der Waals surface area (Å²) >= 11 is 0. The van der Waals surface area contributed by atoms with E-state index in [2.05, 4.69) is 20.8 Å². The SMILES string of the molecule is CC.CCC1C(=C(C)C)CCCN1C(=O)OC. The van der Waals surface area contributed by atoms with E-state index in [4.69, 9.17) is 4.74 Å². The van der Waals surface area contributed by atoms with E-state index in [1.165, 1.54) is 18.3 Å². The molecular formula is C14H27NO2. The number of hydrogen-bond donors (Lipinski definition) is 0. The lowest BCUT2D eigenvalue weighted by Crippen LogP contribution is -2.44. The van der Waals surface area contributed by atoms with Gasteiger partial charge in [-0.25, -0.2) is 4.79 Å². The molecule has 0 bridgehead atoms. The number of likely N-dealkylation sites (tertiary alicyclic amines) is 1. The highest BCUT2D eigenvalue weighted by atomic mass is 16.5. The van der Waals surface area contributed by atoms with Gasteiger partial charge < -0.3 is 9.64 Å². The van der Waals surface area contributed by atoms with Crippen molar-refractivity contribution in [3.05, 3.63) is 11.1 Å². The van der Waals surface area contributed by atoms with Crippen molar-refractivity contribution < 1.29 is 9.53 Å². The molecule has 0 saturated carbocycles. The van der Waals surface area contributed by atoms with Crippen LogP contribution >= 0.6 is 0 Å². The molecule has 0 aromatic carbocycles. The molecule has 1 unspecified atom stereocenters. The number of allylic oxidation sites excluding steroid dienone is 1. The maximum atomic E-state index is 11.6. The van der Waals surface area contributed by atoms with E-state index in [1.807, 2.05) is 18.7 Å². The van der Waals surface area contributed by atoms with Crippen LogP contribution in [0.2, 0.25) is 0 Å². The number of methoxy groups -OCH3 is 1. The molecule has 1 atom stereocenters. The van der Waals surface area contributed by atoms with Crippen LogP contribution in [0, 0.1) is 0 Å². The summed E-state index contributed by atoms with van der Waals surface area (Å²) in [5.41, 5.74) is 2.75. The standard InChI is InChI=1S/C12H21NO2.C2H6/c1-5-11-10(9(2)3)7-6-8-13(11)12(14)15-4;1-2/h11H,5-8H2,1-4H3;1-2H3. The quantitative estimate of drug-likeness (QED) is 0.650. The molecule has 0 aromatic rings. The van der Waals surface area contributed by atoms with Gasteiger partial charge in [0.15, 0.2) is 0 Å². The van der Waals surface area contributed by atoms with Gasteiger partial charge in [-0.05, 0) is 38.7 Å². The molecule has 1 aliphatic rings. The molecule has 17 heavy (non-hydrogen) atoms. The van der Waals surface area contributed by atoms with E-state index in [-0.39, 0.29) is 12.1 Å². The highest BCUT2D eigenvalue weighted by molar-refractivity contribution is 5.68. The number of ether oxygens (including phenoxy) is 1. The van der Waals surface area contributed by atoms with Crippen LogP contribution in [0.3, 0.4) is 0 Å². The highest BCUT2D eigenvalue weighted by Crippen LogP contribution is 2.28. The largest absolute Gasteiger partial charge is 0.453 e. The minimum atomic E-state index is -0.194. The van der Waals surface area contributed by atoms with Crippen molar-refractivity contribution in [2.75, 3.05) is 13.7 Å². The summed E-state index contributed by atoms with van der Waals surface area (Å²) in [5, 5.41) is 0. The Hall–Kier alpha value is -0.990. The van der Waals surface area contributed by atoms with Crippen LogP contribution in [0.25, 0.3) is 0 Å². The zero-order chi connectivity index (χ0) is 13.4. The van der Waals surface area contributed by atoms with Crippen LogP contribution in [0.1, 0.15) is 53.9 Å². The third-order valence-electron chi connectivity index (χ3n) is 3.06. The fourth-order valence-corrected chi connectivity index (χ4v) is 2.34. The molecular weight excluding hydrogens is 214 g/mol. The van der Waals surface area contributed by atoms with Gasteiger partial charge in [0.05, 0.1) is 13.2 Å². The maximum Gasteiger partial charge on any atom is 0.409 e. The monoisotopic (exact) mass is 241 g/mol. The number of hydrogen-bond acceptors (Lipinski definition) is 2. The fraction of sp³-hybridized carbons (Fsp3) is 0.786. The number of carbonyl (C=O) groups excluding carboxylic acids is 1. The predicted molar refractivity (Wildman–Crippen MR) is 72.1 cm³/mol. The summed E-state index contributed by atoms with van der Waals surface area (Å²) in [4.78, 5) is 13.4. The van der Waals surface area contributed by atoms with Gasteiger partial charge in [-0.15, -0.1) is 0 Å². The lowest BCUT2D eigenvalue weighted by Gasteiger charge is -2.37. The third-order valence-corrected chi connectivity index (χ3v) is 3.06. The summed E-state index contributed by atoms with van der Waals surface area (Å²) in [5.74, 6) is 0. The molecule has 0 radical (unpaired) electrons. The molecule has 1 fully saturated rings. The van der Waals surface area contributed by atoms with Crippen molar-refractivity contribution in [1.82, 2.24) is 4.90 Å². The van der Waals surface area contributed by atoms with Crippen molar-refractivity contribution >= 4 is 6.09 Å². The molecule has 1 heterocycles. The summed E-state index contributed by atoms with van der Waals surface area (Å²) in [6.45, 7) is 11.2. The van der Waals surface area contributed by atoms with Crippen LogP contribution in [0.4, 0.5) is 4.79 Å². The van der Waals surface area contributed by atoms with Crippen molar-refractivity contribution in [1.29, 1.82) is 0 Å². The first-order valence-corrected chi connectivity index (χ1v) is 6.62. The molecule has 0 spiro atoms. The highest BCUT2D eigenvalue weighted by Gasteiger charge is 2.29. The molecule has 0 aromatic heterocycles. The number of piperidine rings is 1. The van der Waals surface area contributed by atoms with Crippen LogP contribution in [0.15, 0.2) is 11.1 Å². The minimum Gasteiger partial charge on any atom is -0.453 e. The Labute approximate surface area is 106 Å². The number of amides is 1. The smallest absolute Gasteiger partial charge is 0.409 e. The fourth-order valence-electron chi connectivity index (χ4n) is 2.34. The van der Waals surface area contributed by atoms with E-state index in [0.29, 0.717) is 0 Å². The Bertz CT molecular complexity index is 267. The Morgan fingerprint density at radius 3 is 2.41 bits per heavy atom. The number of nitrogens with zero attached hydrogens (tertiary/aromatic N) is 1. The zero-order valence-electron chi connectivity index (χ0n) is 12.2. The second kappa shape index (κ2) is 8.15. The van der Waals surface area contributed by atoms with Crippen molar-refractivity contribution in [3.63, 3.8) is 0 Å². The van der Waals surface area contributed by atoms with Gasteiger partial charge >= 0.3 is 6.09 Å². The lowest BCUT2D eigenvalue weighted by atomic mass is 9.91. The first kappa shape index (κ1) is 16.0. The molecule has 1 aliphatic heterocycles. The van der Waals surface area contributed by atoms with E-state index < -0.39 is 0 Å². The molecule has 0 N–H and O–H groups in total. The van der Waals surface area contributed by atoms with Crippen LogP contribution in [-0.4, -0.2) is 30.7 Å². The van der Waals surface area contributed by atoms with Gasteiger partial charge in [-0.3, -0.25) is 0 Å². The zero-order valence-corrected chi connectivity index (χ0v) is 12.2. The van der Waals surface area contributed by atoms with Gasteiger partial charge in [-0.2, -0.15) is 0 Å². The van der Waals surface area contributed by atoms with E-state index >= 15 is 0 Å². The summed E-state index contributed by atoms with van der Waals surface area (Å²) in [6, 6.07) is 0.246. The molecule has 3 heteroatoms. The van der Waals surface area contributed by atoms with Crippen molar-refractivity contribution in [3.8, 4) is 0 Å². The lowest BCUT2D eigenvalue weighted by molar-refractivity contribution is 0.102. The summed E-state index contributed by atoms with van der Waals surface area (Å²) in [7, 11) is 1.45. The van der Waals surface area contributed by atoms with Gasteiger partial charge in [0.1, 0.15) is 0 Å². The normalized spacial score (nSPS) is 19.3. The maximum absolute atomic E-state index is 11.6. The molecule has 1 saturated heterocycles. The Balaban J connectivity index is 0.00000121. The van der Waals surface area contributed by atoms with Gasteiger partial charge in [0.2, 0.25) is 0 Å². The van der Waals surface area contributed by atoms with E-state index in [9.17, 15) is 4.79 Å². The topological polar surface area (TPSA) is 29.5 Å². The third kappa shape index (κ3) is 4.06. The molecule has 3 nitrogen and oxygen atoms in total. The Morgan fingerprint density at radius 1 is 1.41 bits per heavy atom. The van der Waals surface area contributed by atoms with E-state index in [0.717, 1.165) is 25.8 Å². The number of carbonyl (C=O) groups is 1. The second-order valence-electron chi connectivity index (χ2n) is 4.22. The van der Waals surface area contributed by atoms with Crippen LogP contribution < -0.4 is 0 Å². The van der Waals surface area contributed by atoms with Crippen LogP contribution in [-0.2, 0) is 4.74 Å². The molecule has 1 rings (SSSR count). The Kier molecular flexibility index (Phi) is 7.68. The molecule has 100 valence electrons. The van der Waals surface area contributed by atoms with Crippen molar-refractivity contribution in [2.45, 2.75) is 59.9 Å². The first-order chi connectivity index (χ1) is 8.11. The van der Waals surface area contributed by atoms with E-state index in [1.54, 1.807) is 0 Å². The van der Waals surface area contributed by atoms with Crippen LogP contribution in [0.5, 0.6) is 0 Å². The number of rotatable bonds is 1. The molecule has 0 aliphatic carbocycles. The average Bonchev–Trinajstić information content (AvgIpc) is 2.38. The average molecular weight is 241 g/mol. The first-order valence-electron chi connectivity index (χ1n) is 6.62. The minimum absolute atomic E-state index is 0.194. The molecule has 1 amide bonds. The van der Waals surface area contributed by atoms with Crippen molar-refractivity contribution in [2.24, 2.45) is 0 Å². The van der Waals surface area contributed by atoms with Gasteiger partial charge in [0, 0.05) is 6.54 Å². The predicted octanol–water partition coefficient (Wildman–Crippen LogP) is 3.99.